The maximum Gasteiger partial charge on any atom is 0.325 e. The standard InChI is InChI=1S/C20H27ClN4O6S/c1-13(2)11-20(3)18(27)25(19(28)23-20)12-17(26)22-14-4-5-15(21)16(10-14)32(29,30)24-6-8-31-9-7-24/h4-5,10,13H,6-9,11-12H2,1-3H3,(H,22,26)(H,23,28). The van der Waals surface area contributed by atoms with Crippen LogP contribution in [0.25, 0.3) is 0 Å². The number of halogens is 1. The van der Waals surface area contributed by atoms with Crippen LogP contribution in [0.2, 0.25) is 5.02 Å². The Morgan fingerprint density at radius 2 is 1.94 bits per heavy atom. The molecule has 1 aromatic carbocycles. The van der Waals surface area contributed by atoms with Gasteiger partial charge in [0.15, 0.2) is 0 Å². The van der Waals surface area contributed by atoms with Crippen molar-refractivity contribution in [1.29, 1.82) is 0 Å². The van der Waals surface area contributed by atoms with E-state index in [1.807, 2.05) is 13.8 Å². The number of urea groups is 1. The number of rotatable bonds is 7. The Kier molecular flexibility index (Phi) is 7.13. The first-order valence-corrected chi connectivity index (χ1v) is 12.1. The smallest absolute Gasteiger partial charge is 0.325 e. The van der Waals surface area contributed by atoms with Crippen LogP contribution in [0.1, 0.15) is 27.2 Å². The van der Waals surface area contributed by atoms with Gasteiger partial charge in [0.05, 0.1) is 18.2 Å². The van der Waals surface area contributed by atoms with Crippen LogP contribution in [-0.2, 0) is 24.3 Å². The Morgan fingerprint density at radius 3 is 2.56 bits per heavy atom. The van der Waals surface area contributed by atoms with Gasteiger partial charge in [-0.2, -0.15) is 4.31 Å². The monoisotopic (exact) mass is 486 g/mol. The zero-order valence-corrected chi connectivity index (χ0v) is 19.8. The summed E-state index contributed by atoms with van der Waals surface area (Å²) in [6, 6.07) is 3.45. The number of amides is 4. The number of anilines is 1. The Balaban J connectivity index is 1.73. The number of nitrogens with one attached hydrogen (secondary N) is 2. The van der Waals surface area contributed by atoms with E-state index < -0.39 is 40.0 Å². The number of carbonyl (C=O) groups excluding carboxylic acids is 3. The van der Waals surface area contributed by atoms with Gasteiger partial charge >= 0.3 is 6.03 Å². The lowest BCUT2D eigenvalue weighted by Gasteiger charge is -2.26. The van der Waals surface area contributed by atoms with E-state index in [9.17, 15) is 22.8 Å². The minimum absolute atomic E-state index is 0.0213. The first-order valence-electron chi connectivity index (χ1n) is 10.3. The fourth-order valence-electron chi connectivity index (χ4n) is 3.89. The van der Waals surface area contributed by atoms with Gasteiger partial charge in [0.2, 0.25) is 15.9 Å². The fraction of sp³-hybridized carbons (Fsp3) is 0.550. The molecule has 32 heavy (non-hydrogen) atoms. The topological polar surface area (TPSA) is 125 Å². The molecule has 0 saturated carbocycles. The van der Waals surface area contributed by atoms with Crippen LogP contribution in [0.15, 0.2) is 23.1 Å². The highest BCUT2D eigenvalue weighted by Crippen LogP contribution is 2.29. The average Bonchev–Trinajstić information content (AvgIpc) is 2.92. The number of sulfonamides is 1. The fourth-order valence-corrected chi connectivity index (χ4v) is 5.80. The van der Waals surface area contributed by atoms with Crippen molar-refractivity contribution < 1.29 is 27.5 Å². The molecule has 2 heterocycles. The van der Waals surface area contributed by atoms with Crippen LogP contribution in [0, 0.1) is 5.92 Å². The zero-order chi connectivity index (χ0) is 23.7. The molecule has 176 valence electrons. The van der Waals surface area contributed by atoms with Crippen LogP contribution in [0.4, 0.5) is 10.5 Å². The van der Waals surface area contributed by atoms with Gasteiger partial charge in [-0.05, 0) is 37.5 Å². The summed E-state index contributed by atoms with van der Waals surface area (Å²) >= 11 is 6.13. The average molecular weight is 487 g/mol. The molecule has 0 spiro atoms. The van der Waals surface area contributed by atoms with Gasteiger partial charge in [-0.3, -0.25) is 14.5 Å². The number of morpholine rings is 1. The number of benzene rings is 1. The van der Waals surface area contributed by atoms with Crippen LogP contribution in [0.3, 0.4) is 0 Å². The molecule has 1 aromatic rings. The molecule has 2 aliphatic rings. The Hall–Kier alpha value is -2.21. The lowest BCUT2D eigenvalue weighted by Crippen LogP contribution is -2.45. The second-order valence-corrected chi connectivity index (χ2v) is 10.8. The van der Waals surface area contributed by atoms with Crippen molar-refractivity contribution in [3.05, 3.63) is 23.2 Å². The second-order valence-electron chi connectivity index (χ2n) is 8.46. The summed E-state index contributed by atoms with van der Waals surface area (Å²) in [5.41, 5.74) is -0.881. The van der Waals surface area contributed by atoms with E-state index in [-0.39, 0.29) is 47.8 Å². The lowest BCUT2D eigenvalue weighted by atomic mass is 9.91. The van der Waals surface area contributed by atoms with Crippen LogP contribution < -0.4 is 10.6 Å². The summed E-state index contributed by atoms with van der Waals surface area (Å²) in [5, 5.41) is 5.21. The van der Waals surface area contributed by atoms with E-state index in [4.69, 9.17) is 16.3 Å². The van der Waals surface area contributed by atoms with Crippen molar-refractivity contribution in [3.8, 4) is 0 Å². The third-order valence-corrected chi connectivity index (χ3v) is 7.65. The number of hydrogen-bond acceptors (Lipinski definition) is 6. The molecule has 4 amide bonds. The largest absolute Gasteiger partial charge is 0.379 e. The highest BCUT2D eigenvalue weighted by Gasteiger charge is 2.48. The van der Waals surface area contributed by atoms with E-state index in [0.717, 1.165) is 4.90 Å². The molecular weight excluding hydrogens is 460 g/mol. The molecule has 1 atom stereocenters. The van der Waals surface area contributed by atoms with E-state index >= 15 is 0 Å². The Bertz CT molecular complexity index is 1020. The maximum atomic E-state index is 12.9. The summed E-state index contributed by atoms with van der Waals surface area (Å²) in [7, 11) is -3.88. The first kappa shape index (κ1) is 24.4. The van der Waals surface area contributed by atoms with Gasteiger partial charge in [-0.15, -0.1) is 0 Å². The minimum Gasteiger partial charge on any atom is -0.379 e. The summed E-state index contributed by atoms with van der Waals surface area (Å²) in [6.07, 6.45) is 0.440. The zero-order valence-electron chi connectivity index (χ0n) is 18.2. The second kappa shape index (κ2) is 9.34. The Labute approximate surface area is 192 Å². The van der Waals surface area contributed by atoms with Crippen molar-refractivity contribution >= 4 is 45.2 Å². The maximum absolute atomic E-state index is 12.9. The molecule has 2 N–H and O–H groups in total. The van der Waals surface area contributed by atoms with Gasteiger partial charge in [0.1, 0.15) is 17.0 Å². The van der Waals surface area contributed by atoms with Crippen molar-refractivity contribution in [1.82, 2.24) is 14.5 Å². The number of hydrogen-bond donors (Lipinski definition) is 2. The van der Waals surface area contributed by atoms with Crippen molar-refractivity contribution in [3.63, 3.8) is 0 Å². The van der Waals surface area contributed by atoms with Gasteiger partial charge in [-0.25, -0.2) is 13.2 Å². The molecule has 0 bridgehead atoms. The van der Waals surface area contributed by atoms with Gasteiger partial charge < -0.3 is 15.4 Å². The summed E-state index contributed by atoms with van der Waals surface area (Å²) in [5.74, 6) is -0.948. The predicted molar refractivity (Wildman–Crippen MR) is 118 cm³/mol. The van der Waals surface area contributed by atoms with E-state index in [1.165, 1.54) is 22.5 Å². The molecule has 2 fully saturated rings. The highest BCUT2D eigenvalue weighted by molar-refractivity contribution is 7.89. The SMILES string of the molecule is CC(C)CC1(C)NC(=O)N(CC(=O)Nc2ccc(Cl)c(S(=O)(=O)N3CCOCC3)c2)C1=O. The van der Waals surface area contributed by atoms with Crippen LogP contribution >= 0.6 is 11.6 Å². The summed E-state index contributed by atoms with van der Waals surface area (Å²) in [4.78, 5) is 38.3. The predicted octanol–water partition coefficient (Wildman–Crippen LogP) is 1.66. The van der Waals surface area contributed by atoms with E-state index in [0.29, 0.717) is 6.42 Å². The normalized spacial score (nSPS) is 22.3. The molecular formula is C20H27ClN4O6S. The van der Waals surface area contributed by atoms with Crippen LogP contribution in [-0.4, -0.2) is 73.9 Å². The van der Waals surface area contributed by atoms with Gasteiger partial charge in [-0.1, -0.05) is 25.4 Å². The Morgan fingerprint density at radius 1 is 1.28 bits per heavy atom. The molecule has 1 unspecified atom stereocenters. The lowest BCUT2D eigenvalue weighted by molar-refractivity contribution is -0.133. The molecule has 0 aliphatic carbocycles. The van der Waals surface area contributed by atoms with Gasteiger partial charge in [0, 0.05) is 18.8 Å². The third-order valence-electron chi connectivity index (χ3n) is 5.27. The van der Waals surface area contributed by atoms with Crippen molar-refractivity contribution in [2.45, 2.75) is 37.6 Å². The first-order chi connectivity index (χ1) is 14.9. The third kappa shape index (κ3) is 5.06. The number of nitrogens with zero attached hydrogens (tertiary/aromatic N) is 2. The van der Waals surface area contributed by atoms with Crippen LogP contribution in [0.5, 0.6) is 0 Å². The highest BCUT2D eigenvalue weighted by atomic mass is 35.5. The van der Waals surface area contributed by atoms with E-state index in [1.54, 1.807) is 6.92 Å². The summed E-state index contributed by atoms with van der Waals surface area (Å²) in [6.45, 7) is 5.99. The van der Waals surface area contributed by atoms with Crippen molar-refractivity contribution in [2.75, 3.05) is 38.2 Å². The number of carbonyl (C=O) groups is 3. The molecule has 2 aliphatic heterocycles. The summed E-state index contributed by atoms with van der Waals surface area (Å²) < 4.78 is 32.3. The molecule has 3 rings (SSSR count). The molecule has 10 nitrogen and oxygen atoms in total. The quantitative estimate of drug-likeness (QED) is 0.564. The molecule has 2 saturated heterocycles. The molecule has 12 heteroatoms. The minimum atomic E-state index is -3.88. The number of ether oxygens (including phenoxy) is 1. The van der Waals surface area contributed by atoms with Gasteiger partial charge in [0.25, 0.3) is 5.91 Å². The number of imide groups is 1. The van der Waals surface area contributed by atoms with E-state index in [2.05, 4.69) is 10.6 Å². The molecule has 0 radical (unpaired) electrons. The molecule has 0 aromatic heterocycles. The van der Waals surface area contributed by atoms with Crippen molar-refractivity contribution in [2.24, 2.45) is 5.92 Å².